The first kappa shape index (κ1) is 14.2. The van der Waals surface area contributed by atoms with Crippen LogP contribution in [0.4, 0.5) is 0 Å². The molecule has 0 aliphatic carbocycles. The zero-order valence-electron chi connectivity index (χ0n) is 12.6. The molecule has 0 unspecified atom stereocenters. The van der Waals surface area contributed by atoms with Crippen molar-refractivity contribution in [3.8, 4) is 11.6 Å². The predicted octanol–water partition coefficient (Wildman–Crippen LogP) is 2.26. The third-order valence-electron chi connectivity index (χ3n) is 4.24. The lowest BCUT2D eigenvalue weighted by atomic mass is 9.95. The number of aromatic nitrogens is 2. The standard InChI is InChI=1S/C17H18N4O2/c18-14-10-21(9-13(14)12-5-2-1-3-6-12)11-16-19-17(20-23-16)15-7-4-8-22-15/h1-8,13-14H,9-11,18H2/t13-,14+/m0/s1. The van der Waals surface area contributed by atoms with E-state index < -0.39 is 0 Å². The van der Waals surface area contributed by atoms with Crippen LogP contribution in [0, 0.1) is 0 Å². The summed E-state index contributed by atoms with van der Waals surface area (Å²) in [6.07, 6.45) is 1.59. The fraction of sp³-hybridized carbons (Fsp3) is 0.294. The van der Waals surface area contributed by atoms with Crippen LogP contribution in [-0.4, -0.2) is 34.2 Å². The van der Waals surface area contributed by atoms with E-state index in [1.165, 1.54) is 5.56 Å². The minimum Gasteiger partial charge on any atom is -0.461 e. The van der Waals surface area contributed by atoms with Gasteiger partial charge in [-0.1, -0.05) is 35.5 Å². The number of rotatable bonds is 4. The van der Waals surface area contributed by atoms with Crippen LogP contribution in [0.15, 0.2) is 57.7 Å². The van der Waals surface area contributed by atoms with Crippen molar-refractivity contribution < 1.29 is 8.94 Å². The van der Waals surface area contributed by atoms with E-state index in [9.17, 15) is 0 Å². The molecule has 2 atom stereocenters. The molecule has 6 nitrogen and oxygen atoms in total. The van der Waals surface area contributed by atoms with Crippen molar-refractivity contribution >= 4 is 0 Å². The molecular formula is C17H18N4O2. The molecule has 0 amide bonds. The van der Waals surface area contributed by atoms with Gasteiger partial charge in [-0.3, -0.25) is 4.90 Å². The predicted molar refractivity (Wildman–Crippen MR) is 84.4 cm³/mol. The Kier molecular flexibility index (Phi) is 3.69. The molecule has 0 spiro atoms. The molecule has 118 valence electrons. The van der Waals surface area contributed by atoms with Gasteiger partial charge in [-0.05, 0) is 17.7 Å². The quantitative estimate of drug-likeness (QED) is 0.796. The van der Waals surface area contributed by atoms with E-state index in [1.807, 2.05) is 12.1 Å². The molecule has 2 aromatic heterocycles. The van der Waals surface area contributed by atoms with Crippen LogP contribution in [0.25, 0.3) is 11.6 Å². The first-order valence-electron chi connectivity index (χ1n) is 7.69. The summed E-state index contributed by atoms with van der Waals surface area (Å²) in [7, 11) is 0. The molecule has 0 radical (unpaired) electrons. The van der Waals surface area contributed by atoms with E-state index in [2.05, 4.69) is 39.3 Å². The topological polar surface area (TPSA) is 81.3 Å². The maximum absolute atomic E-state index is 6.31. The van der Waals surface area contributed by atoms with Gasteiger partial charge in [0, 0.05) is 25.0 Å². The summed E-state index contributed by atoms with van der Waals surface area (Å²) >= 11 is 0. The van der Waals surface area contributed by atoms with Gasteiger partial charge in [0.2, 0.25) is 11.7 Å². The Morgan fingerprint density at radius 3 is 2.78 bits per heavy atom. The second kappa shape index (κ2) is 5.98. The van der Waals surface area contributed by atoms with Crippen LogP contribution in [0.3, 0.4) is 0 Å². The highest BCUT2D eigenvalue weighted by Crippen LogP contribution is 2.27. The van der Waals surface area contributed by atoms with Crippen molar-refractivity contribution in [1.29, 1.82) is 0 Å². The lowest BCUT2D eigenvalue weighted by molar-refractivity contribution is 0.264. The molecule has 0 bridgehead atoms. The zero-order chi connectivity index (χ0) is 15.6. The van der Waals surface area contributed by atoms with Gasteiger partial charge in [0.05, 0.1) is 12.8 Å². The van der Waals surface area contributed by atoms with Gasteiger partial charge in [0.15, 0.2) is 5.76 Å². The zero-order valence-corrected chi connectivity index (χ0v) is 12.6. The highest BCUT2D eigenvalue weighted by atomic mass is 16.5. The van der Waals surface area contributed by atoms with E-state index >= 15 is 0 Å². The first-order chi connectivity index (χ1) is 11.3. The van der Waals surface area contributed by atoms with Crippen LogP contribution < -0.4 is 5.73 Å². The molecule has 1 aliphatic heterocycles. The molecule has 3 heterocycles. The van der Waals surface area contributed by atoms with Crippen molar-refractivity contribution in [3.63, 3.8) is 0 Å². The lowest BCUT2D eigenvalue weighted by Crippen LogP contribution is -2.28. The Morgan fingerprint density at radius 1 is 1.13 bits per heavy atom. The Bertz CT molecular complexity index is 754. The van der Waals surface area contributed by atoms with Crippen LogP contribution in [0.2, 0.25) is 0 Å². The maximum Gasteiger partial charge on any atom is 0.241 e. The van der Waals surface area contributed by atoms with E-state index in [4.69, 9.17) is 14.7 Å². The Balaban J connectivity index is 1.44. The van der Waals surface area contributed by atoms with Crippen LogP contribution in [-0.2, 0) is 6.54 Å². The molecule has 4 rings (SSSR count). The van der Waals surface area contributed by atoms with Crippen LogP contribution >= 0.6 is 0 Å². The van der Waals surface area contributed by atoms with Crippen molar-refractivity contribution in [3.05, 3.63) is 60.2 Å². The number of likely N-dealkylation sites (tertiary alicyclic amines) is 1. The minimum atomic E-state index is 0.116. The SMILES string of the molecule is N[C@@H]1CN(Cc2nc(-c3ccco3)no2)C[C@H]1c1ccccc1. The Morgan fingerprint density at radius 2 is 2.00 bits per heavy atom. The summed E-state index contributed by atoms with van der Waals surface area (Å²) < 4.78 is 10.6. The van der Waals surface area contributed by atoms with Crippen LogP contribution in [0.5, 0.6) is 0 Å². The summed E-state index contributed by atoms with van der Waals surface area (Å²) in [5.74, 6) is 2.01. The van der Waals surface area contributed by atoms with E-state index in [1.54, 1.807) is 12.3 Å². The number of furan rings is 1. The molecule has 1 fully saturated rings. The van der Waals surface area contributed by atoms with E-state index in [0.717, 1.165) is 13.1 Å². The molecule has 2 N–H and O–H groups in total. The minimum absolute atomic E-state index is 0.116. The van der Waals surface area contributed by atoms with Crippen molar-refractivity contribution in [2.24, 2.45) is 5.73 Å². The number of benzene rings is 1. The highest BCUT2D eigenvalue weighted by Gasteiger charge is 2.32. The molecule has 23 heavy (non-hydrogen) atoms. The normalized spacial score (nSPS) is 21.8. The summed E-state index contributed by atoms with van der Waals surface area (Å²) in [5.41, 5.74) is 7.60. The van der Waals surface area contributed by atoms with Crippen LogP contribution in [0.1, 0.15) is 17.4 Å². The van der Waals surface area contributed by atoms with Gasteiger partial charge in [-0.15, -0.1) is 0 Å². The van der Waals surface area contributed by atoms with Gasteiger partial charge in [0.1, 0.15) is 0 Å². The Hall–Kier alpha value is -2.44. The second-order valence-electron chi connectivity index (χ2n) is 5.86. The highest BCUT2D eigenvalue weighted by molar-refractivity contribution is 5.44. The van der Waals surface area contributed by atoms with Gasteiger partial charge in [-0.2, -0.15) is 4.98 Å². The number of hydrogen-bond donors (Lipinski definition) is 1. The third kappa shape index (κ3) is 2.91. The summed E-state index contributed by atoms with van der Waals surface area (Å²) in [6.45, 7) is 2.31. The summed E-state index contributed by atoms with van der Waals surface area (Å²) in [5, 5.41) is 3.96. The first-order valence-corrected chi connectivity index (χ1v) is 7.69. The average molecular weight is 310 g/mol. The smallest absolute Gasteiger partial charge is 0.241 e. The monoisotopic (exact) mass is 310 g/mol. The van der Waals surface area contributed by atoms with Gasteiger partial charge >= 0.3 is 0 Å². The maximum atomic E-state index is 6.31. The van der Waals surface area contributed by atoms with Gasteiger partial charge in [-0.25, -0.2) is 0 Å². The van der Waals surface area contributed by atoms with Crippen molar-refractivity contribution in [2.75, 3.05) is 13.1 Å². The van der Waals surface area contributed by atoms with E-state index in [-0.39, 0.29) is 6.04 Å². The molecule has 6 heteroatoms. The number of nitrogens with zero attached hydrogens (tertiary/aromatic N) is 3. The fourth-order valence-corrected chi connectivity index (χ4v) is 3.11. The Labute approximate surface area is 133 Å². The molecule has 1 aromatic carbocycles. The lowest BCUT2D eigenvalue weighted by Gasteiger charge is -2.14. The fourth-order valence-electron chi connectivity index (χ4n) is 3.11. The van der Waals surface area contributed by atoms with Gasteiger partial charge < -0.3 is 14.7 Å². The molecule has 0 saturated carbocycles. The average Bonchev–Trinajstić information content (AvgIpc) is 3.29. The molecule has 1 aliphatic rings. The third-order valence-corrected chi connectivity index (χ3v) is 4.24. The van der Waals surface area contributed by atoms with Crippen molar-refractivity contribution in [1.82, 2.24) is 15.0 Å². The van der Waals surface area contributed by atoms with Crippen molar-refractivity contribution in [2.45, 2.75) is 18.5 Å². The summed E-state index contributed by atoms with van der Waals surface area (Å²) in [4.78, 5) is 6.64. The molecule has 1 saturated heterocycles. The molecular weight excluding hydrogens is 292 g/mol. The second-order valence-corrected chi connectivity index (χ2v) is 5.86. The largest absolute Gasteiger partial charge is 0.461 e. The summed E-state index contributed by atoms with van der Waals surface area (Å²) in [6, 6.07) is 14.1. The number of hydrogen-bond acceptors (Lipinski definition) is 6. The molecule has 3 aromatic rings. The number of nitrogens with two attached hydrogens (primary N) is 1. The van der Waals surface area contributed by atoms with Gasteiger partial charge in [0.25, 0.3) is 0 Å². The van der Waals surface area contributed by atoms with E-state index in [0.29, 0.717) is 29.9 Å².